The first-order valence-electron chi connectivity index (χ1n) is 22.6. The molecule has 70 heavy (non-hydrogen) atoms. The highest BCUT2D eigenvalue weighted by Gasteiger charge is 2.44. The molecule has 0 aliphatic carbocycles. The second-order valence-electron chi connectivity index (χ2n) is 16.6. The average Bonchev–Trinajstić information content (AvgIpc) is 3.77. The number of nitrogens with two attached hydrogens (primary N) is 1. The summed E-state index contributed by atoms with van der Waals surface area (Å²) in [6.07, 6.45) is -1.10. The molecule has 0 radical (unpaired) electrons. The summed E-state index contributed by atoms with van der Waals surface area (Å²) < 4.78 is 60.8. The molecule has 0 amide bonds. The van der Waals surface area contributed by atoms with Gasteiger partial charge in [-0.25, -0.2) is 4.98 Å². The zero-order valence-corrected chi connectivity index (χ0v) is 39.6. The minimum absolute atomic E-state index is 0.00947. The lowest BCUT2D eigenvalue weighted by Gasteiger charge is -2.37. The van der Waals surface area contributed by atoms with Crippen molar-refractivity contribution in [2.75, 3.05) is 33.2 Å². The number of anilines is 1. The predicted octanol–water partition coefficient (Wildman–Crippen LogP) is 9.17. The monoisotopic (exact) mass is 953 g/mol. The predicted molar refractivity (Wildman–Crippen MR) is 268 cm³/mol. The summed E-state index contributed by atoms with van der Waals surface area (Å²) in [6, 6.07) is 60.8. The summed E-state index contributed by atoms with van der Waals surface area (Å²) in [5.74, 6) is 1.52. The van der Waals surface area contributed by atoms with Gasteiger partial charge in [0.25, 0.3) is 15.7 Å². The van der Waals surface area contributed by atoms with Crippen molar-refractivity contribution in [1.29, 1.82) is 0 Å². The van der Waals surface area contributed by atoms with E-state index in [0.717, 1.165) is 38.9 Å². The summed E-state index contributed by atoms with van der Waals surface area (Å²) in [6.45, 7) is 0.861. The van der Waals surface area contributed by atoms with E-state index in [0.29, 0.717) is 17.3 Å². The number of H-pyrrole nitrogens is 1. The summed E-state index contributed by atoms with van der Waals surface area (Å²) in [5, 5.41) is 0. The molecule has 0 spiro atoms. The number of benzene rings is 7. The number of nitrogen functional groups attached to an aromatic ring is 1. The number of imidazole rings is 1. The second kappa shape index (κ2) is 20.4. The van der Waals surface area contributed by atoms with Crippen LogP contribution in [0, 0.1) is 6.92 Å². The molecular weight excluding hydrogens is 903 g/mol. The number of methoxy groups -OCH3 is 2. The molecule has 354 valence electrons. The van der Waals surface area contributed by atoms with Crippen molar-refractivity contribution in [1.82, 2.24) is 19.5 Å². The molecule has 9 rings (SSSR count). The Morgan fingerprint density at radius 3 is 1.56 bits per heavy atom. The standard InChI is InChI=1S/C56H51N5O8S/c1-39-24-34-49(35-25-39)70(63,64)69-37-48(36-68-56(43-20-12-6-13-21-43,44-22-14-7-15-23-44)45-28-32-47(66-3)33-29-45)67-38-61-51-50(52(62)60-54(57)59-51)58-53(61)55(40-16-8-4-9-17-40,41-18-10-5-11-19-41)42-26-30-46(65-2)31-27-42/h4-35,48H,36-38H2,1-3H3,(H3,57,59,60,62). The number of nitrogens with zero attached hydrogens (tertiary/aromatic N) is 3. The number of hydrogen-bond acceptors (Lipinski definition) is 11. The Bertz CT molecular complexity index is 3260. The van der Waals surface area contributed by atoms with Crippen LogP contribution in [-0.4, -0.2) is 61.5 Å². The molecule has 1 unspecified atom stereocenters. The van der Waals surface area contributed by atoms with E-state index >= 15 is 0 Å². The van der Waals surface area contributed by atoms with E-state index in [4.69, 9.17) is 33.8 Å². The van der Waals surface area contributed by atoms with E-state index < -0.39 is 39.4 Å². The van der Waals surface area contributed by atoms with E-state index in [1.54, 1.807) is 30.9 Å². The van der Waals surface area contributed by atoms with E-state index in [1.165, 1.54) is 12.1 Å². The summed E-state index contributed by atoms with van der Waals surface area (Å²) in [5.41, 5.74) is 9.08. The molecule has 0 saturated carbocycles. The first kappa shape index (κ1) is 47.2. The molecule has 7 aromatic carbocycles. The topological polar surface area (TPSA) is 170 Å². The van der Waals surface area contributed by atoms with Crippen LogP contribution in [0.2, 0.25) is 0 Å². The van der Waals surface area contributed by atoms with Crippen LogP contribution < -0.4 is 20.8 Å². The van der Waals surface area contributed by atoms with Crippen molar-refractivity contribution in [2.24, 2.45) is 0 Å². The molecule has 1 atom stereocenters. The van der Waals surface area contributed by atoms with E-state index in [2.05, 4.69) is 9.97 Å². The van der Waals surface area contributed by atoms with Crippen LogP contribution in [0.25, 0.3) is 11.2 Å². The van der Waals surface area contributed by atoms with E-state index in [9.17, 15) is 13.2 Å². The number of nitrogens with one attached hydrogen (secondary N) is 1. The molecule has 9 aromatic rings. The third-order valence-electron chi connectivity index (χ3n) is 12.4. The average molecular weight is 954 g/mol. The van der Waals surface area contributed by atoms with Gasteiger partial charge in [-0.2, -0.15) is 13.4 Å². The van der Waals surface area contributed by atoms with Crippen LogP contribution in [0.4, 0.5) is 5.95 Å². The number of fused-ring (bicyclic) bond motifs is 1. The summed E-state index contributed by atoms with van der Waals surface area (Å²) in [4.78, 5) is 26.3. The lowest BCUT2D eigenvalue weighted by molar-refractivity contribution is -0.0937. The lowest BCUT2D eigenvalue weighted by atomic mass is 9.68. The fraction of sp³-hybridized carbons (Fsp3) is 0.161. The molecule has 0 saturated heterocycles. The van der Waals surface area contributed by atoms with Gasteiger partial charge in [-0.05, 0) is 76.7 Å². The third kappa shape index (κ3) is 9.20. The fourth-order valence-corrected chi connectivity index (χ4v) is 9.88. The zero-order chi connectivity index (χ0) is 48.7. The van der Waals surface area contributed by atoms with Crippen molar-refractivity contribution in [3.05, 3.63) is 249 Å². The van der Waals surface area contributed by atoms with Crippen molar-refractivity contribution < 1.29 is 31.5 Å². The molecule has 2 aromatic heterocycles. The molecule has 3 N–H and O–H groups in total. The van der Waals surface area contributed by atoms with Gasteiger partial charge < -0.3 is 24.7 Å². The van der Waals surface area contributed by atoms with Crippen molar-refractivity contribution in [2.45, 2.75) is 35.7 Å². The zero-order valence-electron chi connectivity index (χ0n) is 38.8. The van der Waals surface area contributed by atoms with Gasteiger partial charge in [-0.3, -0.25) is 18.5 Å². The molecule has 0 fully saturated rings. The Labute approximate surface area is 406 Å². The largest absolute Gasteiger partial charge is 0.497 e. The van der Waals surface area contributed by atoms with Crippen LogP contribution in [0.3, 0.4) is 0 Å². The maximum absolute atomic E-state index is 13.9. The van der Waals surface area contributed by atoms with Crippen LogP contribution in [0.5, 0.6) is 11.5 Å². The van der Waals surface area contributed by atoms with Crippen LogP contribution in [0.15, 0.2) is 204 Å². The molecule has 13 nitrogen and oxygen atoms in total. The van der Waals surface area contributed by atoms with Gasteiger partial charge in [0.15, 0.2) is 11.2 Å². The maximum Gasteiger partial charge on any atom is 0.297 e. The first-order valence-corrected chi connectivity index (χ1v) is 24.0. The Morgan fingerprint density at radius 2 is 1.06 bits per heavy atom. The normalized spacial score (nSPS) is 12.4. The molecule has 2 heterocycles. The Kier molecular flexibility index (Phi) is 13.7. The number of aryl methyl sites for hydroxylation is 1. The Balaban J connectivity index is 1.21. The van der Waals surface area contributed by atoms with Crippen molar-refractivity contribution in [3.8, 4) is 11.5 Å². The van der Waals surface area contributed by atoms with Crippen molar-refractivity contribution >= 4 is 27.2 Å². The highest BCUT2D eigenvalue weighted by Crippen LogP contribution is 2.46. The van der Waals surface area contributed by atoms with Gasteiger partial charge in [0.05, 0.1) is 32.3 Å². The second-order valence-corrected chi connectivity index (χ2v) is 18.2. The molecule has 14 heteroatoms. The van der Waals surface area contributed by atoms with Gasteiger partial charge in [0.1, 0.15) is 41.2 Å². The SMILES string of the molecule is COc1ccc(C(OCC(COS(=O)(=O)c2ccc(C)cc2)OCn2c(C(c3ccccc3)(c3ccccc3)c3ccc(OC)cc3)nc3c(=O)[nH]c(N)nc32)(c2ccccc2)c2ccccc2)cc1. The molecule has 0 aliphatic heterocycles. The smallest absolute Gasteiger partial charge is 0.297 e. The minimum atomic E-state index is -4.31. The minimum Gasteiger partial charge on any atom is -0.497 e. The Morgan fingerprint density at radius 1 is 0.600 bits per heavy atom. The number of rotatable bonds is 19. The lowest BCUT2D eigenvalue weighted by Crippen LogP contribution is -2.38. The summed E-state index contributed by atoms with van der Waals surface area (Å²) >= 11 is 0. The highest BCUT2D eigenvalue weighted by atomic mass is 32.2. The third-order valence-corrected chi connectivity index (χ3v) is 13.7. The highest BCUT2D eigenvalue weighted by molar-refractivity contribution is 7.86. The van der Waals surface area contributed by atoms with Gasteiger partial charge >= 0.3 is 0 Å². The van der Waals surface area contributed by atoms with Crippen LogP contribution in [-0.2, 0) is 41.5 Å². The molecular formula is C56H51N5O8S. The summed E-state index contributed by atoms with van der Waals surface area (Å²) in [7, 11) is -1.10. The van der Waals surface area contributed by atoms with Gasteiger partial charge in [-0.1, -0.05) is 163 Å². The number of hydrogen-bond donors (Lipinski definition) is 2. The van der Waals surface area contributed by atoms with Crippen molar-refractivity contribution in [3.63, 3.8) is 0 Å². The number of ether oxygens (including phenoxy) is 4. The van der Waals surface area contributed by atoms with Gasteiger partial charge in [-0.15, -0.1) is 0 Å². The number of aromatic amines is 1. The molecule has 0 aliphatic rings. The fourth-order valence-electron chi connectivity index (χ4n) is 8.94. The number of aromatic nitrogens is 4. The van der Waals surface area contributed by atoms with E-state index in [1.807, 2.05) is 177 Å². The van der Waals surface area contributed by atoms with E-state index in [-0.39, 0.29) is 35.3 Å². The van der Waals surface area contributed by atoms with Crippen LogP contribution >= 0.6 is 0 Å². The Hall–Kier alpha value is -7.88. The van der Waals surface area contributed by atoms with Gasteiger partial charge in [0, 0.05) is 0 Å². The van der Waals surface area contributed by atoms with Gasteiger partial charge in [0.2, 0.25) is 5.95 Å². The van der Waals surface area contributed by atoms with Crippen LogP contribution in [0.1, 0.15) is 44.8 Å². The quantitative estimate of drug-likeness (QED) is 0.0586. The first-order chi connectivity index (χ1) is 34.1. The molecule has 0 bridgehead atoms. The maximum atomic E-state index is 13.9.